The Morgan fingerprint density at radius 3 is 1.50 bits per heavy atom. The lowest BCUT2D eigenvalue weighted by molar-refractivity contribution is -0.254. The maximum absolute atomic E-state index is 11.6. The summed E-state index contributed by atoms with van der Waals surface area (Å²) in [7, 11) is 0. The van der Waals surface area contributed by atoms with Crippen LogP contribution in [-0.4, -0.2) is 12.1 Å². The second-order valence-corrected chi connectivity index (χ2v) is 1.45. The van der Waals surface area contributed by atoms with Crippen LogP contribution in [0, 0.1) is 11.8 Å². The molecule has 0 amide bonds. The van der Waals surface area contributed by atoms with Crippen molar-refractivity contribution in [3.05, 3.63) is 0 Å². The second-order valence-electron chi connectivity index (χ2n) is 1.45. The van der Waals surface area contributed by atoms with Gasteiger partial charge < -0.3 is 0 Å². The highest BCUT2D eigenvalue weighted by molar-refractivity contribution is 5.10. The van der Waals surface area contributed by atoms with E-state index in [1.807, 2.05) is 0 Å². The van der Waals surface area contributed by atoms with Crippen molar-refractivity contribution < 1.29 is 22.0 Å². The third-order valence-corrected chi connectivity index (χ3v) is 0.638. The number of halogens is 5. The molecule has 0 nitrogen and oxygen atoms in total. The van der Waals surface area contributed by atoms with E-state index in [1.165, 1.54) is 5.92 Å². The van der Waals surface area contributed by atoms with E-state index < -0.39 is 12.1 Å². The van der Waals surface area contributed by atoms with E-state index in [1.54, 1.807) is 0 Å². The lowest BCUT2D eigenvalue weighted by Gasteiger charge is -2.12. The Bertz CT molecular complexity index is 167. The van der Waals surface area contributed by atoms with Gasteiger partial charge in [0.05, 0.1) is 0 Å². The smallest absolute Gasteiger partial charge is 0.181 e. The largest absolute Gasteiger partial charge is 0.466 e. The Labute approximate surface area is 54.0 Å². The fraction of sp³-hybridized carbons (Fsp3) is 0.600. The third kappa shape index (κ3) is 1.87. The molecule has 5 heteroatoms. The zero-order chi connectivity index (χ0) is 8.41. The Kier molecular flexibility index (Phi) is 2.25. The van der Waals surface area contributed by atoms with E-state index in [0.717, 1.165) is 12.8 Å². The van der Waals surface area contributed by atoms with Crippen molar-refractivity contribution >= 4 is 0 Å². The van der Waals surface area contributed by atoms with Crippen LogP contribution in [0.25, 0.3) is 0 Å². The predicted octanol–water partition coefficient (Wildman–Crippen LogP) is 2.21. The number of hydrogen-bond donors (Lipinski definition) is 0. The summed E-state index contributed by atoms with van der Waals surface area (Å²) < 4.78 is 56.8. The van der Waals surface area contributed by atoms with Crippen molar-refractivity contribution in [3.63, 3.8) is 0 Å². The highest BCUT2D eigenvalue weighted by atomic mass is 19.4. The second kappa shape index (κ2) is 2.45. The summed E-state index contributed by atoms with van der Waals surface area (Å²) >= 11 is 0. The van der Waals surface area contributed by atoms with Gasteiger partial charge in [-0.05, 0) is 12.8 Å². The molecular weight excluding hydrogens is 155 g/mol. The molecule has 0 N–H and O–H groups in total. The van der Waals surface area contributed by atoms with Crippen LogP contribution < -0.4 is 0 Å². The molecule has 0 aliphatic heterocycles. The SMILES string of the molecule is CC#CC(F)(F)C(F)(F)F. The monoisotopic (exact) mass is 158 g/mol. The first-order chi connectivity index (χ1) is 4.31. The molecule has 0 spiro atoms. The van der Waals surface area contributed by atoms with E-state index in [9.17, 15) is 22.0 Å². The van der Waals surface area contributed by atoms with E-state index in [2.05, 4.69) is 0 Å². The number of hydrogen-bond acceptors (Lipinski definition) is 0. The fourth-order valence-electron chi connectivity index (χ4n) is 0.228. The van der Waals surface area contributed by atoms with Crippen LogP contribution in [0.2, 0.25) is 0 Å². The summed E-state index contributed by atoms with van der Waals surface area (Å²) in [4.78, 5) is 0. The van der Waals surface area contributed by atoms with Crippen LogP contribution in [0.1, 0.15) is 6.92 Å². The molecule has 0 aromatic carbocycles. The predicted molar refractivity (Wildman–Crippen MR) is 24.5 cm³/mol. The molecule has 58 valence electrons. The highest BCUT2D eigenvalue weighted by Gasteiger charge is 2.56. The third-order valence-electron chi connectivity index (χ3n) is 0.638. The van der Waals surface area contributed by atoms with Gasteiger partial charge in [-0.3, -0.25) is 0 Å². The Morgan fingerprint density at radius 1 is 1.00 bits per heavy atom. The first-order valence-corrected chi connectivity index (χ1v) is 2.19. The molecule has 0 fully saturated rings. The lowest BCUT2D eigenvalue weighted by atomic mass is 10.3. The maximum atomic E-state index is 11.6. The molecule has 0 heterocycles. The quantitative estimate of drug-likeness (QED) is 0.374. The van der Waals surface area contributed by atoms with Gasteiger partial charge in [0.15, 0.2) is 0 Å². The molecule has 0 atom stereocenters. The van der Waals surface area contributed by atoms with E-state index in [0.29, 0.717) is 0 Å². The van der Waals surface area contributed by atoms with Gasteiger partial charge in [-0.2, -0.15) is 22.0 Å². The van der Waals surface area contributed by atoms with Crippen molar-refractivity contribution in [2.24, 2.45) is 0 Å². The highest BCUT2D eigenvalue weighted by Crippen LogP contribution is 2.34. The molecule has 0 aliphatic rings. The van der Waals surface area contributed by atoms with Crippen LogP contribution >= 0.6 is 0 Å². The average molecular weight is 158 g/mol. The van der Waals surface area contributed by atoms with Crippen LogP contribution in [0.4, 0.5) is 22.0 Å². The van der Waals surface area contributed by atoms with E-state index in [-0.39, 0.29) is 0 Å². The number of alkyl halides is 5. The Morgan fingerprint density at radius 2 is 1.40 bits per heavy atom. The summed E-state index contributed by atoms with van der Waals surface area (Å²) in [6, 6.07) is 0. The van der Waals surface area contributed by atoms with Crippen LogP contribution in [0.5, 0.6) is 0 Å². The molecule has 0 bridgehead atoms. The zero-order valence-electron chi connectivity index (χ0n) is 4.89. The van der Waals surface area contributed by atoms with Crippen LogP contribution in [0.3, 0.4) is 0 Å². The van der Waals surface area contributed by atoms with Gasteiger partial charge in [0, 0.05) is 0 Å². The standard InChI is InChI=1S/C5H3F5/c1-2-3-4(6,7)5(8,9)10/h1H3. The normalized spacial score (nSPS) is 12.2. The summed E-state index contributed by atoms with van der Waals surface area (Å²) in [5.74, 6) is -2.63. The van der Waals surface area contributed by atoms with Crippen molar-refractivity contribution in [2.75, 3.05) is 0 Å². The fourth-order valence-corrected chi connectivity index (χ4v) is 0.228. The van der Waals surface area contributed by atoms with E-state index in [4.69, 9.17) is 0 Å². The van der Waals surface area contributed by atoms with Crippen molar-refractivity contribution in [1.29, 1.82) is 0 Å². The molecule has 0 unspecified atom stereocenters. The van der Waals surface area contributed by atoms with E-state index >= 15 is 0 Å². The van der Waals surface area contributed by atoms with Gasteiger partial charge in [0.25, 0.3) is 0 Å². The van der Waals surface area contributed by atoms with Gasteiger partial charge in [-0.25, -0.2) is 0 Å². The molecule has 0 aliphatic carbocycles. The van der Waals surface area contributed by atoms with Gasteiger partial charge >= 0.3 is 12.1 Å². The first-order valence-electron chi connectivity index (χ1n) is 2.19. The van der Waals surface area contributed by atoms with Gasteiger partial charge in [0.2, 0.25) is 0 Å². The van der Waals surface area contributed by atoms with Gasteiger partial charge in [-0.1, -0.05) is 0 Å². The first kappa shape index (κ1) is 9.21. The van der Waals surface area contributed by atoms with Gasteiger partial charge in [-0.15, -0.1) is 5.92 Å². The molecule has 0 saturated carbocycles. The Hall–Kier alpha value is -0.790. The molecular formula is C5H3F5. The molecule has 10 heavy (non-hydrogen) atoms. The summed E-state index contributed by atoms with van der Waals surface area (Å²) in [6.07, 6.45) is -5.56. The molecule has 0 radical (unpaired) electrons. The van der Waals surface area contributed by atoms with Crippen molar-refractivity contribution in [1.82, 2.24) is 0 Å². The minimum absolute atomic E-state index is 0.753. The summed E-state index contributed by atoms with van der Waals surface area (Å²) in [6.45, 7) is 0.916. The molecule has 0 aromatic heterocycles. The van der Waals surface area contributed by atoms with Crippen LogP contribution in [-0.2, 0) is 0 Å². The Balaban J connectivity index is 4.51. The van der Waals surface area contributed by atoms with Crippen LogP contribution in [0.15, 0.2) is 0 Å². The summed E-state index contributed by atoms with van der Waals surface area (Å²) in [5.41, 5.74) is 0. The minimum Gasteiger partial charge on any atom is -0.181 e. The molecule has 0 rings (SSSR count). The molecule has 0 aromatic rings. The number of rotatable bonds is 0. The maximum Gasteiger partial charge on any atom is 0.466 e. The molecule has 0 saturated heterocycles. The average Bonchev–Trinajstić information content (AvgIpc) is 1.61. The van der Waals surface area contributed by atoms with Gasteiger partial charge in [0.1, 0.15) is 0 Å². The lowest BCUT2D eigenvalue weighted by Crippen LogP contribution is -2.34. The minimum atomic E-state index is -5.56. The summed E-state index contributed by atoms with van der Waals surface area (Å²) in [5, 5.41) is 0. The topological polar surface area (TPSA) is 0 Å². The zero-order valence-corrected chi connectivity index (χ0v) is 4.89. The van der Waals surface area contributed by atoms with Crippen molar-refractivity contribution in [3.8, 4) is 11.8 Å². The van der Waals surface area contributed by atoms with Crippen molar-refractivity contribution in [2.45, 2.75) is 19.0 Å².